The molecule has 1 amide bonds. The van der Waals surface area contributed by atoms with Crippen LogP contribution in [0.5, 0.6) is 0 Å². The average Bonchev–Trinajstić information content (AvgIpc) is 3.18. The molecule has 0 bridgehead atoms. The molecule has 3 aromatic rings. The number of H-pyrrole nitrogens is 1. The van der Waals surface area contributed by atoms with Crippen molar-refractivity contribution in [3.63, 3.8) is 0 Å². The molecule has 0 saturated heterocycles. The average molecular weight is 398 g/mol. The first-order valence-corrected chi connectivity index (χ1v) is 9.51. The van der Waals surface area contributed by atoms with E-state index in [0.29, 0.717) is 23.4 Å². The van der Waals surface area contributed by atoms with Crippen LogP contribution in [0.25, 0.3) is 0 Å². The lowest BCUT2D eigenvalue weighted by Gasteiger charge is -2.03. The first-order chi connectivity index (χ1) is 13.6. The van der Waals surface area contributed by atoms with Crippen LogP contribution in [0.1, 0.15) is 18.1 Å². The predicted octanol–water partition coefficient (Wildman–Crippen LogP) is 3.19. The van der Waals surface area contributed by atoms with Gasteiger partial charge in [0, 0.05) is 6.54 Å². The second-order valence-corrected chi connectivity index (χ2v) is 6.78. The number of hydrazone groups is 1. The lowest BCUT2D eigenvalue weighted by molar-refractivity contribution is -0.118. The lowest BCUT2D eigenvalue weighted by atomic mass is 10.1. The van der Waals surface area contributed by atoms with Crippen molar-refractivity contribution in [3.8, 4) is 0 Å². The summed E-state index contributed by atoms with van der Waals surface area (Å²) in [7, 11) is 0. The second kappa shape index (κ2) is 9.65. The van der Waals surface area contributed by atoms with E-state index in [1.54, 1.807) is 19.1 Å². The maximum absolute atomic E-state index is 13.0. The van der Waals surface area contributed by atoms with Gasteiger partial charge in [-0.05, 0) is 30.2 Å². The number of hydrogen-bond acceptors (Lipinski definition) is 6. The molecule has 7 nitrogen and oxygen atoms in total. The number of rotatable bonds is 8. The third kappa shape index (κ3) is 5.92. The molecule has 0 fully saturated rings. The monoisotopic (exact) mass is 398 g/mol. The van der Waals surface area contributed by atoms with Crippen molar-refractivity contribution in [2.75, 3.05) is 11.2 Å². The van der Waals surface area contributed by atoms with Crippen LogP contribution in [0.3, 0.4) is 0 Å². The third-order valence-corrected chi connectivity index (χ3v) is 4.57. The molecule has 0 unspecified atom stereocenters. The highest BCUT2D eigenvalue weighted by atomic mass is 32.2. The van der Waals surface area contributed by atoms with Crippen molar-refractivity contribution in [1.82, 2.24) is 20.5 Å². The number of thioether (sulfide) groups is 1. The molecule has 9 heteroatoms. The Balaban J connectivity index is 1.45. The molecule has 1 aromatic heterocycles. The maximum Gasteiger partial charge on any atom is 0.240 e. The summed E-state index contributed by atoms with van der Waals surface area (Å²) in [6.07, 6.45) is 0. The molecule has 144 valence electrons. The number of hydrogen-bond donors (Lipinski definition) is 3. The molecule has 3 rings (SSSR count). The number of amides is 1. The summed E-state index contributed by atoms with van der Waals surface area (Å²) in [6, 6.07) is 15.7. The zero-order valence-corrected chi connectivity index (χ0v) is 16.0. The van der Waals surface area contributed by atoms with Crippen LogP contribution in [0.4, 0.5) is 10.3 Å². The number of benzene rings is 2. The number of aromatic nitrogens is 3. The van der Waals surface area contributed by atoms with Crippen LogP contribution in [-0.2, 0) is 11.3 Å². The van der Waals surface area contributed by atoms with Crippen molar-refractivity contribution < 1.29 is 9.18 Å². The molecule has 3 N–H and O–H groups in total. The first-order valence-electron chi connectivity index (χ1n) is 8.52. The number of carbonyl (C=O) groups excluding carboxylic acids is 1. The normalized spacial score (nSPS) is 11.3. The fourth-order valence-electron chi connectivity index (χ4n) is 2.23. The van der Waals surface area contributed by atoms with Crippen LogP contribution >= 0.6 is 11.8 Å². The summed E-state index contributed by atoms with van der Waals surface area (Å²) in [5.41, 5.74) is 5.27. The highest BCUT2D eigenvalue weighted by Crippen LogP contribution is 2.14. The van der Waals surface area contributed by atoms with Gasteiger partial charge in [-0.2, -0.15) is 10.1 Å². The van der Waals surface area contributed by atoms with Crippen molar-refractivity contribution in [3.05, 3.63) is 71.5 Å². The topological polar surface area (TPSA) is 95.1 Å². The molecular formula is C19H19FN6OS. The number of halogens is 1. The van der Waals surface area contributed by atoms with Gasteiger partial charge in [0.2, 0.25) is 17.0 Å². The number of nitrogens with zero attached hydrogens (tertiary/aromatic N) is 3. The molecule has 0 atom stereocenters. The van der Waals surface area contributed by atoms with Gasteiger partial charge in [-0.15, -0.1) is 5.10 Å². The summed E-state index contributed by atoms with van der Waals surface area (Å²) >= 11 is 1.22. The van der Waals surface area contributed by atoms with E-state index in [1.165, 1.54) is 23.9 Å². The third-order valence-electron chi connectivity index (χ3n) is 3.72. The van der Waals surface area contributed by atoms with Gasteiger partial charge in [-0.25, -0.2) is 14.9 Å². The number of nitrogens with one attached hydrogen (secondary N) is 3. The maximum atomic E-state index is 13.0. The van der Waals surface area contributed by atoms with Gasteiger partial charge in [0.05, 0.1) is 11.5 Å². The Bertz CT molecular complexity index is 943. The molecule has 28 heavy (non-hydrogen) atoms. The Kier molecular flexibility index (Phi) is 6.74. The standard InChI is InChI=1S/C19H19FN6OS/c1-13(15-7-9-16(20)10-8-15)23-24-18-22-19(26-25-18)28-12-17(27)21-11-14-5-3-2-4-6-14/h2-10H,11-12H2,1H3,(H,21,27)(H2,22,24,25,26)/b23-13+. The first kappa shape index (κ1) is 19.6. The van der Waals surface area contributed by atoms with E-state index in [-0.39, 0.29) is 17.5 Å². The van der Waals surface area contributed by atoms with Crippen LogP contribution in [-0.4, -0.2) is 32.6 Å². The van der Waals surface area contributed by atoms with E-state index in [4.69, 9.17) is 0 Å². The molecule has 0 radical (unpaired) electrons. The smallest absolute Gasteiger partial charge is 0.240 e. The molecule has 0 saturated carbocycles. The predicted molar refractivity (Wildman–Crippen MR) is 108 cm³/mol. The van der Waals surface area contributed by atoms with Crippen molar-refractivity contribution >= 4 is 29.3 Å². The van der Waals surface area contributed by atoms with Gasteiger partial charge in [-0.3, -0.25) is 4.79 Å². The van der Waals surface area contributed by atoms with Crippen LogP contribution in [0, 0.1) is 5.82 Å². The fraction of sp³-hybridized carbons (Fsp3) is 0.158. The highest BCUT2D eigenvalue weighted by molar-refractivity contribution is 7.99. The number of anilines is 1. The molecule has 0 aliphatic heterocycles. The minimum absolute atomic E-state index is 0.0988. The molecule has 2 aromatic carbocycles. The van der Waals surface area contributed by atoms with E-state index in [1.807, 2.05) is 30.3 Å². The molecule has 0 aliphatic carbocycles. The van der Waals surface area contributed by atoms with Gasteiger partial charge in [0.15, 0.2) is 0 Å². The Morgan fingerprint density at radius 1 is 1.18 bits per heavy atom. The Hall–Kier alpha value is -3.20. The van der Waals surface area contributed by atoms with Crippen molar-refractivity contribution in [1.29, 1.82) is 0 Å². The number of carbonyl (C=O) groups is 1. The summed E-state index contributed by atoms with van der Waals surface area (Å²) < 4.78 is 13.0. The minimum atomic E-state index is -0.297. The van der Waals surface area contributed by atoms with Gasteiger partial charge < -0.3 is 5.32 Å². The van der Waals surface area contributed by atoms with Crippen LogP contribution in [0.15, 0.2) is 64.9 Å². The van der Waals surface area contributed by atoms with Gasteiger partial charge in [-0.1, -0.05) is 54.2 Å². The van der Waals surface area contributed by atoms with E-state index >= 15 is 0 Å². The largest absolute Gasteiger partial charge is 0.351 e. The zero-order chi connectivity index (χ0) is 19.8. The van der Waals surface area contributed by atoms with Gasteiger partial charge in [0.25, 0.3) is 0 Å². The van der Waals surface area contributed by atoms with E-state index in [0.717, 1.165) is 11.1 Å². The van der Waals surface area contributed by atoms with Crippen molar-refractivity contribution in [2.24, 2.45) is 5.10 Å². The van der Waals surface area contributed by atoms with E-state index in [9.17, 15) is 9.18 Å². The fourth-order valence-corrected chi connectivity index (χ4v) is 2.86. The molecule has 0 spiro atoms. The summed E-state index contributed by atoms with van der Waals surface area (Å²) in [5, 5.41) is 14.2. The van der Waals surface area contributed by atoms with Crippen LogP contribution < -0.4 is 10.7 Å². The summed E-state index contributed by atoms with van der Waals surface area (Å²) in [4.78, 5) is 16.1. The lowest BCUT2D eigenvalue weighted by Crippen LogP contribution is -2.24. The summed E-state index contributed by atoms with van der Waals surface area (Å²) in [5.74, 6) is 0.170. The SMILES string of the molecule is C/C(=N\Nc1nc(SCC(=O)NCc2ccccc2)n[nH]1)c1ccc(F)cc1. The summed E-state index contributed by atoms with van der Waals surface area (Å²) in [6.45, 7) is 2.28. The highest BCUT2D eigenvalue weighted by Gasteiger charge is 2.08. The molecule has 0 aliphatic rings. The van der Waals surface area contributed by atoms with Gasteiger partial charge >= 0.3 is 0 Å². The quantitative estimate of drug-likeness (QED) is 0.308. The van der Waals surface area contributed by atoms with Gasteiger partial charge in [0.1, 0.15) is 5.82 Å². The van der Waals surface area contributed by atoms with E-state index < -0.39 is 0 Å². The van der Waals surface area contributed by atoms with Crippen LogP contribution in [0.2, 0.25) is 0 Å². The Morgan fingerprint density at radius 2 is 1.93 bits per heavy atom. The molecule has 1 heterocycles. The molecular weight excluding hydrogens is 379 g/mol. The Morgan fingerprint density at radius 3 is 2.68 bits per heavy atom. The van der Waals surface area contributed by atoms with Crippen molar-refractivity contribution in [2.45, 2.75) is 18.6 Å². The second-order valence-electron chi connectivity index (χ2n) is 5.83. The Labute approximate surface area is 165 Å². The minimum Gasteiger partial charge on any atom is -0.351 e. The number of aromatic amines is 1. The van der Waals surface area contributed by atoms with E-state index in [2.05, 4.69) is 31.0 Å². The zero-order valence-electron chi connectivity index (χ0n) is 15.1.